The van der Waals surface area contributed by atoms with Gasteiger partial charge in [-0.2, -0.15) is 0 Å². The maximum absolute atomic E-state index is 6.57. The van der Waals surface area contributed by atoms with E-state index < -0.39 is 0 Å². The molecule has 3 nitrogen and oxygen atoms in total. The maximum atomic E-state index is 6.57. The van der Waals surface area contributed by atoms with Crippen LogP contribution in [0.4, 0.5) is 0 Å². The van der Waals surface area contributed by atoms with Gasteiger partial charge in [-0.05, 0) is 57.7 Å². The number of likely N-dealkylation sites (tertiary alicyclic amines) is 1. The largest absolute Gasteiger partial charge is 0.497 e. The lowest BCUT2D eigenvalue weighted by molar-refractivity contribution is 0.144. The summed E-state index contributed by atoms with van der Waals surface area (Å²) in [7, 11) is 6.06. The van der Waals surface area contributed by atoms with Gasteiger partial charge in [0, 0.05) is 12.6 Å². The molecule has 20 heavy (non-hydrogen) atoms. The van der Waals surface area contributed by atoms with Gasteiger partial charge in [0.05, 0.1) is 12.5 Å². The van der Waals surface area contributed by atoms with Crippen molar-refractivity contribution in [2.24, 2.45) is 0 Å². The summed E-state index contributed by atoms with van der Waals surface area (Å²) < 4.78 is 5.26. The second-order valence-electron chi connectivity index (χ2n) is 5.72. The quantitative estimate of drug-likeness (QED) is 0.777. The minimum absolute atomic E-state index is 0.00903. The standard InChI is InChI=1S/C16H25ClN2O/c1-18-9-7-14(8-10-18)19(2)12-16(17)13-5-4-6-15(11-13)20-3/h4-6,11,14,16H,7-10,12H2,1-3H3. The Morgan fingerprint density at radius 1 is 1.40 bits per heavy atom. The molecule has 0 aliphatic carbocycles. The van der Waals surface area contributed by atoms with Crippen molar-refractivity contribution in [1.82, 2.24) is 9.80 Å². The van der Waals surface area contributed by atoms with Crippen LogP contribution in [0.5, 0.6) is 5.75 Å². The molecule has 1 aliphatic rings. The van der Waals surface area contributed by atoms with Crippen LogP contribution in [-0.4, -0.2) is 56.7 Å². The highest BCUT2D eigenvalue weighted by Crippen LogP contribution is 2.26. The molecule has 0 radical (unpaired) electrons. The zero-order chi connectivity index (χ0) is 14.5. The molecule has 0 N–H and O–H groups in total. The van der Waals surface area contributed by atoms with Crippen LogP contribution in [0.25, 0.3) is 0 Å². The number of alkyl halides is 1. The molecule has 1 heterocycles. The van der Waals surface area contributed by atoms with Gasteiger partial charge in [-0.15, -0.1) is 11.6 Å². The van der Waals surface area contributed by atoms with E-state index in [-0.39, 0.29) is 5.38 Å². The molecular weight excluding hydrogens is 272 g/mol. The number of rotatable bonds is 5. The van der Waals surface area contributed by atoms with Gasteiger partial charge in [0.25, 0.3) is 0 Å². The van der Waals surface area contributed by atoms with Gasteiger partial charge in [0.2, 0.25) is 0 Å². The first-order valence-electron chi connectivity index (χ1n) is 7.27. The summed E-state index contributed by atoms with van der Waals surface area (Å²) in [5, 5.41) is 0.00903. The Bertz CT molecular complexity index is 419. The number of hydrogen-bond donors (Lipinski definition) is 0. The first-order chi connectivity index (χ1) is 9.60. The molecule has 0 spiro atoms. The summed E-state index contributed by atoms with van der Waals surface area (Å²) in [5.74, 6) is 0.870. The summed E-state index contributed by atoms with van der Waals surface area (Å²) in [5.41, 5.74) is 1.13. The highest BCUT2D eigenvalue weighted by Gasteiger charge is 2.22. The third-order valence-electron chi connectivity index (χ3n) is 4.22. The van der Waals surface area contributed by atoms with Gasteiger partial charge < -0.3 is 14.5 Å². The summed E-state index contributed by atoms with van der Waals surface area (Å²) in [6.07, 6.45) is 2.46. The van der Waals surface area contributed by atoms with E-state index in [1.807, 2.05) is 18.2 Å². The Hall–Kier alpha value is -0.770. The molecule has 0 bridgehead atoms. The topological polar surface area (TPSA) is 15.7 Å². The second-order valence-corrected chi connectivity index (χ2v) is 6.24. The Balaban J connectivity index is 1.91. The molecule has 1 fully saturated rings. The van der Waals surface area contributed by atoms with Crippen molar-refractivity contribution < 1.29 is 4.74 Å². The van der Waals surface area contributed by atoms with E-state index in [2.05, 4.69) is 30.0 Å². The molecule has 112 valence electrons. The Kier molecular flexibility index (Phi) is 5.70. The number of nitrogens with zero attached hydrogens (tertiary/aromatic N) is 2. The van der Waals surface area contributed by atoms with E-state index in [1.54, 1.807) is 7.11 Å². The van der Waals surface area contributed by atoms with Crippen LogP contribution in [0.15, 0.2) is 24.3 Å². The molecule has 0 aromatic heterocycles. The van der Waals surface area contributed by atoms with Crippen molar-refractivity contribution in [3.05, 3.63) is 29.8 Å². The van der Waals surface area contributed by atoms with Crippen LogP contribution >= 0.6 is 11.6 Å². The van der Waals surface area contributed by atoms with Crippen LogP contribution in [0, 0.1) is 0 Å². The fourth-order valence-electron chi connectivity index (χ4n) is 2.78. The molecule has 1 aromatic rings. The number of methoxy groups -OCH3 is 1. The smallest absolute Gasteiger partial charge is 0.119 e. The first-order valence-corrected chi connectivity index (χ1v) is 7.70. The van der Waals surface area contributed by atoms with Crippen LogP contribution in [0.2, 0.25) is 0 Å². The SMILES string of the molecule is COc1cccc(C(Cl)CN(C)C2CCN(C)CC2)c1. The van der Waals surface area contributed by atoms with Crippen molar-refractivity contribution in [3.63, 3.8) is 0 Å². The van der Waals surface area contributed by atoms with Gasteiger partial charge in [-0.1, -0.05) is 12.1 Å². The normalized spacial score (nSPS) is 19.2. The predicted molar refractivity (Wildman–Crippen MR) is 84.7 cm³/mol. The monoisotopic (exact) mass is 296 g/mol. The van der Waals surface area contributed by atoms with Crippen molar-refractivity contribution in [1.29, 1.82) is 0 Å². The minimum Gasteiger partial charge on any atom is -0.497 e. The van der Waals surface area contributed by atoms with Crippen molar-refractivity contribution in [2.75, 3.05) is 40.8 Å². The third kappa shape index (κ3) is 4.11. The van der Waals surface area contributed by atoms with Crippen LogP contribution in [0.1, 0.15) is 23.8 Å². The van der Waals surface area contributed by atoms with Crippen LogP contribution in [0.3, 0.4) is 0 Å². The van der Waals surface area contributed by atoms with Crippen LogP contribution < -0.4 is 4.74 Å². The summed E-state index contributed by atoms with van der Waals surface area (Å²) in [6.45, 7) is 3.24. The van der Waals surface area contributed by atoms with Gasteiger partial charge in [0.1, 0.15) is 5.75 Å². The molecule has 1 aromatic carbocycles. The molecule has 1 atom stereocenters. The molecule has 4 heteroatoms. The molecule has 1 unspecified atom stereocenters. The Morgan fingerprint density at radius 2 is 2.10 bits per heavy atom. The minimum atomic E-state index is 0.00903. The molecular formula is C16H25ClN2O. The Morgan fingerprint density at radius 3 is 2.75 bits per heavy atom. The molecule has 1 aliphatic heterocycles. The summed E-state index contributed by atoms with van der Waals surface area (Å²) >= 11 is 6.57. The average molecular weight is 297 g/mol. The lowest BCUT2D eigenvalue weighted by atomic mass is 10.0. The van der Waals surface area contributed by atoms with Crippen LogP contribution in [-0.2, 0) is 0 Å². The number of ether oxygens (including phenoxy) is 1. The molecule has 0 amide bonds. The Labute approximate surface area is 127 Å². The summed E-state index contributed by atoms with van der Waals surface area (Å²) in [6, 6.07) is 8.70. The molecule has 0 saturated carbocycles. The van der Waals surface area contributed by atoms with E-state index in [4.69, 9.17) is 16.3 Å². The number of likely N-dealkylation sites (N-methyl/N-ethyl adjacent to an activating group) is 1. The predicted octanol–water partition coefficient (Wildman–Crippen LogP) is 3.00. The average Bonchev–Trinajstić information content (AvgIpc) is 2.47. The van der Waals surface area contributed by atoms with Gasteiger partial charge in [-0.25, -0.2) is 0 Å². The number of halogens is 1. The molecule has 2 rings (SSSR count). The van der Waals surface area contributed by atoms with Gasteiger partial charge in [-0.3, -0.25) is 0 Å². The van der Waals surface area contributed by atoms with Gasteiger partial charge in [0.15, 0.2) is 0 Å². The van der Waals surface area contributed by atoms with E-state index in [1.165, 1.54) is 25.9 Å². The number of benzene rings is 1. The van der Waals surface area contributed by atoms with Crippen molar-refractivity contribution in [3.8, 4) is 5.75 Å². The fourth-order valence-corrected chi connectivity index (χ4v) is 3.13. The number of piperidine rings is 1. The zero-order valence-corrected chi connectivity index (χ0v) is 13.4. The highest BCUT2D eigenvalue weighted by atomic mass is 35.5. The van der Waals surface area contributed by atoms with Gasteiger partial charge >= 0.3 is 0 Å². The second kappa shape index (κ2) is 7.30. The van der Waals surface area contributed by atoms with E-state index in [0.29, 0.717) is 6.04 Å². The van der Waals surface area contributed by atoms with E-state index in [9.17, 15) is 0 Å². The first kappa shape index (κ1) is 15.6. The van der Waals surface area contributed by atoms with Crippen molar-refractivity contribution in [2.45, 2.75) is 24.3 Å². The van der Waals surface area contributed by atoms with E-state index in [0.717, 1.165) is 17.9 Å². The fraction of sp³-hybridized carbons (Fsp3) is 0.625. The maximum Gasteiger partial charge on any atom is 0.119 e. The van der Waals surface area contributed by atoms with Crippen molar-refractivity contribution >= 4 is 11.6 Å². The lowest BCUT2D eigenvalue weighted by Crippen LogP contribution is -2.42. The number of hydrogen-bond acceptors (Lipinski definition) is 3. The van der Waals surface area contributed by atoms with E-state index >= 15 is 0 Å². The zero-order valence-electron chi connectivity index (χ0n) is 12.7. The molecule has 1 saturated heterocycles. The third-order valence-corrected chi connectivity index (χ3v) is 4.61. The summed E-state index contributed by atoms with van der Waals surface area (Å²) in [4.78, 5) is 4.80. The lowest BCUT2D eigenvalue weighted by Gasteiger charge is -2.36. The highest BCUT2D eigenvalue weighted by molar-refractivity contribution is 6.21.